The smallest absolute Gasteiger partial charge is 0.252 e. The molecule has 2 N–H and O–H groups in total. The van der Waals surface area contributed by atoms with Gasteiger partial charge < -0.3 is 10.4 Å². The summed E-state index contributed by atoms with van der Waals surface area (Å²) >= 11 is 3.19. The molecule has 0 bridgehead atoms. The summed E-state index contributed by atoms with van der Waals surface area (Å²) in [5.74, 6) is -0.714. The van der Waals surface area contributed by atoms with Gasteiger partial charge in [0.05, 0.1) is 0 Å². The first-order valence-corrected chi connectivity index (χ1v) is 6.74. The van der Waals surface area contributed by atoms with Gasteiger partial charge in [-0.2, -0.15) is 0 Å². The zero-order chi connectivity index (χ0) is 13.2. The molecular weight excluding hydrogens is 301 g/mol. The summed E-state index contributed by atoms with van der Waals surface area (Å²) in [6.07, 6.45) is 2.75. The van der Waals surface area contributed by atoms with Crippen molar-refractivity contribution < 1.29 is 14.3 Å². The number of hydrogen-bond donors (Lipinski definition) is 2. The van der Waals surface area contributed by atoms with E-state index in [1.165, 1.54) is 12.1 Å². The monoisotopic (exact) mass is 315 g/mol. The van der Waals surface area contributed by atoms with E-state index in [0.717, 1.165) is 12.8 Å². The Morgan fingerprint density at radius 2 is 2.06 bits per heavy atom. The third kappa shape index (κ3) is 3.09. The van der Waals surface area contributed by atoms with Crippen LogP contribution in [-0.4, -0.2) is 16.6 Å². The van der Waals surface area contributed by atoms with Gasteiger partial charge in [-0.1, -0.05) is 15.9 Å². The maximum atomic E-state index is 13.1. The van der Waals surface area contributed by atoms with Crippen molar-refractivity contribution in [2.24, 2.45) is 0 Å². The number of amides is 1. The van der Waals surface area contributed by atoms with Crippen LogP contribution >= 0.6 is 15.9 Å². The highest BCUT2D eigenvalue weighted by Crippen LogP contribution is 2.29. The summed E-state index contributed by atoms with van der Waals surface area (Å²) in [5.41, 5.74) is -0.568. The van der Waals surface area contributed by atoms with Gasteiger partial charge in [0.2, 0.25) is 0 Å². The average Bonchev–Trinajstić information content (AvgIpc) is 2.73. The van der Waals surface area contributed by atoms with Gasteiger partial charge in [0.15, 0.2) is 0 Å². The van der Waals surface area contributed by atoms with Gasteiger partial charge in [0.1, 0.15) is 11.4 Å². The minimum Gasteiger partial charge on any atom is -0.380 e. The minimum atomic E-state index is -1.23. The zero-order valence-corrected chi connectivity index (χ0v) is 11.5. The number of aliphatic hydroxyl groups is 1. The van der Waals surface area contributed by atoms with Gasteiger partial charge in [-0.05, 0) is 49.4 Å². The van der Waals surface area contributed by atoms with Gasteiger partial charge in [0.25, 0.3) is 5.91 Å². The summed E-state index contributed by atoms with van der Waals surface area (Å²) < 4.78 is 13.8. The van der Waals surface area contributed by atoms with Gasteiger partial charge in [-0.3, -0.25) is 4.79 Å². The molecule has 5 heteroatoms. The van der Waals surface area contributed by atoms with Crippen molar-refractivity contribution in [3.8, 4) is 0 Å². The third-order valence-electron chi connectivity index (χ3n) is 3.23. The molecule has 0 saturated heterocycles. The van der Waals surface area contributed by atoms with Crippen LogP contribution in [0, 0.1) is 5.82 Å². The predicted octanol–water partition coefficient (Wildman–Crippen LogP) is 2.51. The first-order valence-electron chi connectivity index (χ1n) is 5.95. The van der Waals surface area contributed by atoms with E-state index in [-0.39, 0.29) is 18.3 Å². The minimum absolute atomic E-state index is 0.220. The Morgan fingerprint density at radius 1 is 1.39 bits per heavy atom. The third-order valence-corrected chi connectivity index (χ3v) is 3.69. The van der Waals surface area contributed by atoms with E-state index in [1.54, 1.807) is 6.07 Å². The van der Waals surface area contributed by atoms with Crippen LogP contribution in [0.2, 0.25) is 0 Å². The molecule has 1 aromatic carbocycles. The fraction of sp³-hybridized carbons (Fsp3) is 0.462. The molecule has 1 saturated carbocycles. The van der Waals surface area contributed by atoms with Crippen molar-refractivity contribution in [1.82, 2.24) is 5.32 Å². The predicted molar refractivity (Wildman–Crippen MR) is 69.4 cm³/mol. The van der Waals surface area contributed by atoms with Crippen LogP contribution in [0.1, 0.15) is 31.2 Å². The van der Waals surface area contributed by atoms with E-state index < -0.39 is 5.60 Å². The number of carbonyl (C=O) groups is 1. The molecule has 0 aliphatic heterocycles. The van der Waals surface area contributed by atoms with E-state index in [9.17, 15) is 14.3 Å². The number of benzene rings is 1. The Morgan fingerprint density at radius 3 is 2.67 bits per heavy atom. The van der Waals surface area contributed by atoms with Crippen molar-refractivity contribution in [1.29, 1.82) is 0 Å². The largest absolute Gasteiger partial charge is 0.380 e. The fourth-order valence-corrected chi connectivity index (χ4v) is 2.76. The van der Waals surface area contributed by atoms with Crippen molar-refractivity contribution in [2.45, 2.75) is 37.8 Å². The second-order valence-electron chi connectivity index (χ2n) is 4.70. The maximum Gasteiger partial charge on any atom is 0.252 e. The summed E-state index contributed by atoms with van der Waals surface area (Å²) in [6.45, 7) is 0.220. The molecule has 1 aliphatic rings. The molecule has 0 radical (unpaired) electrons. The molecule has 1 aliphatic carbocycles. The lowest BCUT2D eigenvalue weighted by Crippen LogP contribution is -2.44. The molecule has 0 atom stereocenters. The standard InChI is InChI=1S/C13H15BrFNO2/c14-10-5-9(6-11(15)7-10)8-16-12(17)13(18)3-1-2-4-13/h5-7,18H,1-4,8H2,(H,16,17). The normalized spacial score (nSPS) is 17.7. The lowest BCUT2D eigenvalue weighted by atomic mass is 10.0. The summed E-state index contributed by atoms with van der Waals surface area (Å²) in [7, 11) is 0. The first-order chi connectivity index (χ1) is 8.49. The molecule has 0 spiro atoms. The lowest BCUT2D eigenvalue weighted by molar-refractivity contribution is -0.139. The Kier molecular flexibility index (Phi) is 4.02. The molecule has 0 aromatic heterocycles. The van der Waals surface area contributed by atoms with Crippen LogP contribution in [0.15, 0.2) is 22.7 Å². The second-order valence-corrected chi connectivity index (χ2v) is 5.61. The molecule has 0 unspecified atom stereocenters. The quantitative estimate of drug-likeness (QED) is 0.900. The van der Waals surface area contributed by atoms with Crippen molar-refractivity contribution >= 4 is 21.8 Å². The Bertz CT molecular complexity index is 438. The van der Waals surface area contributed by atoms with Gasteiger partial charge >= 0.3 is 0 Å². The molecule has 98 valence electrons. The highest BCUT2D eigenvalue weighted by Gasteiger charge is 2.38. The van der Waals surface area contributed by atoms with E-state index in [0.29, 0.717) is 22.9 Å². The van der Waals surface area contributed by atoms with Gasteiger partial charge in [0, 0.05) is 11.0 Å². The van der Waals surface area contributed by atoms with Crippen molar-refractivity contribution in [3.05, 3.63) is 34.1 Å². The van der Waals surface area contributed by atoms with Crippen LogP contribution in [-0.2, 0) is 11.3 Å². The van der Waals surface area contributed by atoms with Crippen LogP contribution < -0.4 is 5.32 Å². The summed E-state index contributed by atoms with van der Waals surface area (Å²) in [5, 5.41) is 12.7. The molecule has 2 rings (SSSR count). The van der Waals surface area contributed by atoms with E-state index >= 15 is 0 Å². The molecule has 0 heterocycles. The number of rotatable bonds is 3. The first kappa shape index (κ1) is 13.5. The maximum absolute atomic E-state index is 13.1. The Balaban J connectivity index is 1.97. The van der Waals surface area contributed by atoms with Crippen LogP contribution in [0.25, 0.3) is 0 Å². The fourth-order valence-electron chi connectivity index (χ4n) is 2.25. The van der Waals surface area contributed by atoms with Crippen molar-refractivity contribution in [3.63, 3.8) is 0 Å². The van der Waals surface area contributed by atoms with Gasteiger partial charge in [-0.25, -0.2) is 4.39 Å². The Hall–Kier alpha value is -0.940. The van der Waals surface area contributed by atoms with E-state index in [1.807, 2.05) is 0 Å². The number of halogens is 2. The van der Waals surface area contributed by atoms with Crippen LogP contribution in [0.4, 0.5) is 4.39 Å². The van der Waals surface area contributed by atoms with E-state index in [2.05, 4.69) is 21.2 Å². The molecule has 1 aromatic rings. The number of hydrogen-bond acceptors (Lipinski definition) is 2. The number of nitrogens with one attached hydrogen (secondary N) is 1. The zero-order valence-electron chi connectivity index (χ0n) is 9.88. The highest BCUT2D eigenvalue weighted by molar-refractivity contribution is 9.10. The van der Waals surface area contributed by atoms with Crippen LogP contribution in [0.3, 0.4) is 0 Å². The number of carbonyl (C=O) groups excluding carboxylic acids is 1. The molecule has 3 nitrogen and oxygen atoms in total. The Labute approximate surface area is 114 Å². The average molecular weight is 316 g/mol. The topological polar surface area (TPSA) is 49.3 Å². The molecule has 18 heavy (non-hydrogen) atoms. The molecule has 1 fully saturated rings. The van der Waals surface area contributed by atoms with Crippen LogP contribution in [0.5, 0.6) is 0 Å². The highest BCUT2D eigenvalue weighted by atomic mass is 79.9. The van der Waals surface area contributed by atoms with E-state index in [4.69, 9.17) is 0 Å². The van der Waals surface area contributed by atoms with Crippen molar-refractivity contribution in [2.75, 3.05) is 0 Å². The lowest BCUT2D eigenvalue weighted by Gasteiger charge is -2.20. The second kappa shape index (κ2) is 5.36. The SMILES string of the molecule is O=C(NCc1cc(F)cc(Br)c1)C1(O)CCCC1. The molecule has 1 amide bonds. The summed E-state index contributed by atoms with van der Waals surface area (Å²) in [6, 6.07) is 4.46. The molecular formula is C13H15BrFNO2. The summed E-state index contributed by atoms with van der Waals surface area (Å²) in [4.78, 5) is 11.8. The van der Waals surface area contributed by atoms with Gasteiger partial charge in [-0.15, -0.1) is 0 Å².